The largest absolute Gasteiger partial charge is 0.372 e. The average molecular weight is 250 g/mol. The molecule has 1 saturated carbocycles. The zero-order valence-corrected chi connectivity index (χ0v) is 11.5. The lowest BCUT2D eigenvalue weighted by atomic mass is 10.1. The zero-order valence-electron chi connectivity index (χ0n) is 11.5. The van der Waals surface area contributed by atoms with Crippen LogP contribution in [0.1, 0.15) is 39.0 Å². The fourth-order valence-electron chi connectivity index (χ4n) is 3.08. The molecule has 2 atom stereocenters. The van der Waals surface area contributed by atoms with Crippen molar-refractivity contribution in [2.45, 2.75) is 57.3 Å². The first kappa shape index (κ1) is 12.6. The average Bonchev–Trinajstić information content (AvgIpc) is 3.08. The van der Waals surface area contributed by atoms with Crippen LogP contribution >= 0.6 is 0 Å². The summed E-state index contributed by atoms with van der Waals surface area (Å²) in [6, 6.07) is 0.808. The van der Waals surface area contributed by atoms with Gasteiger partial charge in [-0.25, -0.2) is 0 Å². The van der Waals surface area contributed by atoms with Crippen molar-refractivity contribution in [2.24, 2.45) is 0 Å². The minimum Gasteiger partial charge on any atom is -0.372 e. The maximum atomic E-state index is 6.15. The van der Waals surface area contributed by atoms with Gasteiger partial charge in [0.25, 0.3) is 0 Å². The fraction of sp³-hybridized carbons (Fsp3) is 0.867. The van der Waals surface area contributed by atoms with E-state index < -0.39 is 0 Å². The summed E-state index contributed by atoms with van der Waals surface area (Å²) in [6.45, 7) is 6.79. The highest BCUT2D eigenvalue weighted by Gasteiger charge is 2.29. The molecule has 3 nitrogen and oxygen atoms in total. The molecule has 3 rings (SSSR count). The number of hydrogen-bond donors (Lipinski definition) is 1. The van der Waals surface area contributed by atoms with Gasteiger partial charge in [-0.15, -0.1) is 0 Å². The summed E-state index contributed by atoms with van der Waals surface area (Å²) in [6.07, 6.45) is 9.76. The molecule has 0 bridgehead atoms. The van der Waals surface area contributed by atoms with E-state index in [1.54, 1.807) is 0 Å². The second kappa shape index (κ2) is 5.72. The van der Waals surface area contributed by atoms with E-state index in [1.807, 2.05) is 0 Å². The summed E-state index contributed by atoms with van der Waals surface area (Å²) in [5.74, 6) is 0. The minimum absolute atomic E-state index is 0.469. The van der Waals surface area contributed by atoms with Crippen LogP contribution in [-0.4, -0.2) is 49.3 Å². The fourth-order valence-corrected chi connectivity index (χ4v) is 3.08. The van der Waals surface area contributed by atoms with E-state index in [1.165, 1.54) is 44.2 Å². The van der Waals surface area contributed by atoms with Crippen LogP contribution in [0.4, 0.5) is 0 Å². The first-order valence-corrected chi connectivity index (χ1v) is 7.56. The molecule has 2 heterocycles. The molecule has 1 aliphatic carbocycles. The number of rotatable bonds is 5. The molecule has 2 fully saturated rings. The number of hydrogen-bond acceptors (Lipinski definition) is 3. The second-order valence-electron chi connectivity index (χ2n) is 6.21. The predicted octanol–water partition coefficient (Wildman–Crippen LogP) is 1.94. The molecule has 3 aliphatic rings. The number of nitrogens with one attached hydrogen (secondary N) is 1. The molecule has 1 saturated heterocycles. The van der Waals surface area contributed by atoms with Gasteiger partial charge in [-0.1, -0.05) is 11.6 Å². The van der Waals surface area contributed by atoms with Gasteiger partial charge in [0, 0.05) is 32.2 Å². The molecule has 0 amide bonds. The van der Waals surface area contributed by atoms with E-state index in [4.69, 9.17) is 4.74 Å². The van der Waals surface area contributed by atoms with Gasteiger partial charge in [0.1, 0.15) is 0 Å². The van der Waals surface area contributed by atoms with E-state index in [9.17, 15) is 0 Å². The van der Waals surface area contributed by atoms with E-state index in [0.29, 0.717) is 12.2 Å². The van der Waals surface area contributed by atoms with Gasteiger partial charge < -0.3 is 10.1 Å². The van der Waals surface area contributed by atoms with Crippen molar-refractivity contribution < 1.29 is 4.74 Å². The molecule has 102 valence electrons. The lowest BCUT2D eigenvalue weighted by Gasteiger charge is -2.28. The molecule has 2 unspecified atom stereocenters. The van der Waals surface area contributed by atoms with E-state index >= 15 is 0 Å². The molecular weight excluding hydrogens is 224 g/mol. The highest BCUT2D eigenvalue weighted by molar-refractivity contribution is 5.04. The van der Waals surface area contributed by atoms with E-state index in [-0.39, 0.29) is 0 Å². The molecular formula is C15H26N2O. The minimum atomic E-state index is 0.469. The highest BCUT2D eigenvalue weighted by Crippen LogP contribution is 2.23. The summed E-state index contributed by atoms with van der Waals surface area (Å²) in [7, 11) is 0. The van der Waals surface area contributed by atoms with Crippen LogP contribution in [0.2, 0.25) is 0 Å². The standard InChI is InChI=1S/C15H26N2O/c1-12-3-2-8-17(10-12)11-15-7-6-14(18-15)9-16-13-4-5-13/h3,13-16H,2,4-11H2,1H3. The molecule has 3 heteroatoms. The van der Waals surface area contributed by atoms with Crippen LogP contribution in [0.3, 0.4) is 0 Å². The molecule has 0 spiro atoms. The first-order valence-electron chi connectivity index (χ1n) is 7.56. The van der Waals surface area contributed by atoms with Gasteiger partial charge in [-0.3, -0.25) is 4.90 Å². The molecule has 18 heavy (non-hydrogen) atoms. The monoisotopic (exact) mass is 250 g/mol. The molecule has 0 aromatic heterocycles. The third-order valence-corrected chi connectivity index (χ3v) is 4.28. The first-order chi connectivity index (χ1) is 8.79. The SMILES string of the molecule is CC1=CCCN(CC2CCC(CNC3CC3)O2)C1. The third kappa shape index (κ3) is 3.56. The summed E-state index contributed by atoms with van der Waals surface area (Å²) in [4.78, 5) is 2.55. The van der Waals surface area contributed by atoms with Gasteiger partial charge in [-0.2, -0.15) is 0 Å². The van der Waals surface area contributed by atoms with Crippen molar-refractivity contribution in [3.8, 4) is 0 Å². The van der Waals surface area contributed by atoms with E-state index in [0.717, 1.165) is 25.7 Å². The maximum Gasteiger partial charge on any atom is 0.0707 e. The normalized spacial score (nSPS) is 33.7. The van der Waals surface area contributed by atoms with Crippen LogP contribution in [0.15, 0.2) is 11.6 Å². The summed E-state index contributed by atoms with van der Waals surface area (Å²) < 4.78 is 6.15. The van der Waals surface area contributed by atoms with Crippen LogP contribution in [0.25, 0.3) is 0 Å². The van der Waals surface area contributed by atoms with Crippen LogP contribution < -0.4 is 5.32 Å². The summed E-state index contributed by atoms with van der Waals surface area (Å²) >= 11 is 0. The Morgan fingerprint density at radius 2 is 2.11 bits per heavy atom. The molecule has 2 aliphatic heterocycles. The van der Waals surface area contributed by atoms with Gasteiger partial charge in [-0.05, 0) is 39.0 Å². The van der Waals surface area contributed by atoms with Crippen molar-refractivity contribution >= 4 is 0 Å². The third-order valence-electron chi connectivity index (χ3n) is 4.28. The van der Waals surface area contributed by atoms with Crippen molar-refractivity contribution in [3.63, 3.8) is 0 Å². The van der Waals surface area contributed by atoms with Gasteiger partial charge >= 0.3 is 0 Å². The Kier molecular flexibility index (Phi) is 4.02. The Morgan fingerprint density at radius 1 is 1.28 bits per heavy atom. The summed E-state index contributed by atoms with van der Waals surface area (Å²) in [5, 5.41) is 3.58. The topological polar surface area (TPSA) is 24.5 Å². The zero-order chi connectivity index (χ0) is 12.4. The van der Waals surface area contributed by atoms with Crippen LogP contribution in [0.5, 0.6) is 0 Å². The molecule has 0 radical (unpaired) electrons. The van der Waals surface area contributed by atoms with Gasteiger partial charge in [0.15, 0.2) is 0 Å². The highest BCUT2D eigenvalue weighted by atomic mass is 16.5. The Bertz CT molecular complexity index is 312. The maximum absolute atomic E-state index is 6.15. The number of nitrogens with zero attached hydrogens (tertiary/aromatic N) is 1. The van der Waals surface area contributed by atoms with Crippen LogP contribution in [-0.2, 0) is 4.74 Å². The van der Waals surface area contributed by atoms with E-state index in [2.05, 4.69) is 23.2 Å². The Labute approximate surface area is 111 Å². The molecule has 0 aromatic carbocycles. The van der Waals surface area contributed by atoms with Crippen molar-refractivity contribution in [2.75, 3.05) is 26.2 Å². The Hall–Kier alpha value is -0.380. The van der Waals surface area contributed by atoms with Crippen molar-refractivity contribution in [1.82, 2.24) is 10.2 Å². The van der Waals surface area contributed by atoms with Crippen LogP contribution in [0, 0.1) is 0 Å². The second-order valence-corrected chi connectivity index (χ2v) is 6.21. The summed E-state index contributed by atoms with van der Waals surface area (Å²) in [5.41, 5.74) is 1.52. The molecule has 0 aromatic rings. The van der Waals surface area contributed by atoms with Gasteiger partial charge in [0.05, 0.1) is 12.2 Å². The van der Waals surface area contributed by atoms with Gasteiger partial charge in [0.2, 0.25) is 0 Å². The Morgan fingerprint density at radius 3 is 2.89 bits per heavy atom. The lowest BCUT2D eigenvalue weighted by molar-refractivity contribution is 0.0244. The van der Waals surface area contributed by atoms with Crippen molar-refractivity contribution in [1.29, 1.82) is 0 Å². The Balaban J connectivity index is 1.37. The molecule has 1 N–H and O–H groups in total. The smallest absolute Gasteiger partial charge is 0.0707 e. The quantitative estimate of drug-likeness (QED) is 0.755. The number of ether oxygens (including phenoxy) is 1. The van der Waals surface area contributed by atoms with Crippen molar-refractivity contribution in [3.05, 3.63) is 11.6 Å². The predicted molar refractivity (Wildman–Crippen MR) is 73.7 cm³/mol. The lowest BCUT2D eigenvalue weighted by Crippen LogP contribution is -2.37.